The van der Waals surface area contributed by atoms with Crippen molar-refractivity contribution in [3.8, 4) is 5.75 Å². The predicted octanol–water partition coefficient (Wildman–Crippen LogP) is 5.16. The van der Waals surface area contributed by atoms with Crippen molar-refractivity contribution in [1.29, 1.82) is 0 Å². The molecule has 0 saturated carbocycles. The number of hydrogen-bond donors (Lipinski definition) is 4. The van der Waals surface area contributed by atoms with Gasteiger partial charge in [-0.3, -0.25) is 4.79 Å². The number of carbonyl (C=O) groups is 1. The molecule has 4 rings (SSSR count). The standard InChI is InChI=1S/C28H30F3N3O2/c1-16-10-20(35)11-17(2)21(16)15-24(32)27(36)34-25-8-9-33-26-22(25)13-19(14-23(26)28(29,30)31)12-18-6-4-3-5-7-18/h3-7,10-11,13-14,24-25,33,35H,8-9,12,15,32H2,1-2H3,(H,34,36)/t24-,25+/m0/s1. The molecule has 0 bridgehead atoms. The van der Waals surface area contributed by atoms with E-state index in [0.29, 0.717) is 30.5 Å². The molecular weight excluding hydrogens is 467 g/mol. The Labute approximate surface area is 208 Å². The number of anilines is 1. The van der Waals surface area contributed by atoms with Gasteiger partial charge < -0.3 is 21.5 Å². The minimum atomic E-state index is -4.54. The number of halogens is 3. The van der Waals surface area contributed by atoms with Crippen LogP contribution >= 0.6 is 0 Å². The van der Waals surface area contributed by atoms with Crippen molar-refractivity contribution in [2.45, 2.75) is 51.4 Å². The SMILES string of the molecule is Cc1cc(O)cc(C)c1C[C@H](N)C(=O)N[C@@H]1CCNc2c1cc(Cc1ccccc1)cc2C(F)(F)F. The summed E-state index contributed by atoms with van der Waals surface area (Å²) >= 11 is 0. The summed E-state index contributed by atoms with van der Waals surface area (Å²) in [7, 11) is 0. The van der Waals surface area contributed by atoms with Crippen molar-refractivity contribution in [3.05, 3.63) is 93.5 Å². The fraction of sp³-hybridized carbons (Fsp3) is 0.321. The lowest BCUT2D eigenvalue weighted by molar-refractivity contribution is -0.137. The quantitative estimate of drug-likeness (QED) is 0.379. The van der Waals surface area contributed by atoms with Gasteiger partial charge in [0.15, 0.2) is 0 Å². The highest BCUT2D eigenvalue weighted by molar-refractivity contribution is 5.83. The molecule has 3 aromatic carbocycles. The number of nitrogens with one attached hydrogen (secondary N) is 2. The van der Waals surface area contributed by atoms with Crippen LogP contribution in [0.3, 0.4) is 0 Å². The highest BCUT2D eigenvalue weighted by Gasteiger charge is 2.37. The summed E-state index contributed by atoms with van der Waals surface area (Å²) < 4.78 is 42.0. The fourth-order valence-electron chi connectivity index (χ4n) is 4.89. The number of nitrogens with two attached hydrogens (primary N) is 1. The molecule has 3 aromatic rings. The Bertz CT molecular complexity index is 1240. The molecule has 0 radical (unpaired) electrons. The van der Waals surface area contributed by atoms with Crippen LogP contribution < -0.4 is 16.4 Å². The number of alkyl halides is 3. The molecule has 36 heavy (non-hydrogen) atoms. The number of carbonyl (C=O) groups excluding carboxylic acids is 1. The maximum atomic E-state index is 14.0. The average molecular weight is 498 g/mol. The summed E-state index contributed by atoms with van der Waals surface area (Å²) in [5.74, 6) is -0.286. The Balaban J connectivity index is 1.60. The molecule has 2 atom stereocenters. The van der Waals surface area contributed by atoms with Crippen LogP contribution in [0.1, 0.15) is 51.4 Å². The van der Waals surface area contributed by atoms with Crippen molar-refractivity contribution < 1.29 is 23.1 Å². The summed E-state index contributed by atoms with van der Waals surface area (Å²) in [4.78, 5) is 13.0. The topological polar surface area (TPSA) is 87.4 Å². The summed E-state index contributed by atoms with van der Waals surface area (Å²) in [5.41, 5.74) is 9.85. The first-order valence-electron chi connectivity index (χ1n) is 11.9. The third-order valence-electron chi connectivity index (χ3n) is 6.65. The van der Waals surface area contributed by atoms with Gasteiger partial charge in [-0.25, -0.2) is 0 Å². The lowest BCUT2D eigenvalue weighted by atomic mass is 9.90. The number of hydrogen-bond acceptors (Lipinski definition) is 4. The number of phenolic OH excluding ortho intramolecular Hbond substituents is 1. The van der Waals surface area contributed by atoms with E-state index in [2.05, 4.69) is 10.6 Å². The largest absolute Gasteiger partial charge is 0.508 e. The zero-order valence-corrected chi connectivity index (χ0v) is 20.2. The number of amides is 1. The normalized spacial score (nSPS) is 16.1. The van der Waals surface area contributed by atoms with E-state index in [4.69, 9.17) is 5.73 Å². The third-order valence-corrected chi connectivity index (χ3v) is 6.65. The Morgan fingerprint density at radius 2 is 1.78 bits per heavy atom. The summed E-state index contributed by atoms with van der Waals surface area (Å²) in [6.45, 7) is 3.97. The van der Waals surface area contributed by atoms with E-state index >= 15 is 0 Å². The molecule has 1 aliphatic heterocycles. The Morgan fingerprint density at radius 3 is 2.42 bits per heavy atom. The van der Waals surface area contributed by atoms with Gasteiger partial charge in [0.05, 0.1) is 23.3 Å². The maximum absolute atomic E-state index is 14.0. The first kappa shape index (κ1) is 25.6. The van der Waals surface area contributed by atoms with E-state index in [9.17, 15) is 23.1 Å². The smallest absolute Gasteiger partial charge is 0.418 e. The fourth-order valence-corrected chi connectivity index (χ4v) is 4.89. The van der Waals surface area contributed by atoms with Crippen molar-refractivity contribution in [1.82, 2.24) is 5.32 Å². The van der Waals surface area contributed by atoms with E-state index in [0.717, 1.165) is 22.3 Å². The van der Waals surface area contributed by atoms with E-state index < -0.39 is 29.7 Å². The molecule has 0 saturated heterocycles. The Kier molecular flexibility index (Phi) is 7.26. The number of benzene rings is 3. The molecule has 190 valence electrons. The number of aryl methyl sites for hydroxylation is 2. The van der Waals surface area contributed by atoms with Gasteiger partial charge in [0.25, 0.3) is 0 Å². The van der Waals surface area contributed by atoms with Gasteiger partial charge >= 0.3 is 6.18 Å². The summed E-state index contributed by atoms with van der Waals surface area (Å²) in [6.07, 6.45) is -3.50. The molecule has 0 aromatic heterocycles. The van der Waals surface area contributed by atoms with E-state index in [1.807, 2.05) is 44.2 Å². The van der Waals surface area contributed by atoms with Crippen molar-refractivity contribution in [3.63, 3.8) is 0 Å². The lowest BCUT2D eigenvalue weighted by Gasteiger charge is -2.31. The van der Waals surface area contributed by atoms with Crippen molar-refractivity contribution in [2.24, 2.45) is 5.73 Å². The van der Waals surface area contributed by atoms with Gasteiger partial charge in [-0.1, -0.05) is 36.4 Å². The zero-order valence-electron chi connectivity index (χ0n) is 20.2. The molecule has 0 fully saturated rings. The van der Waals surface area contributed by atoms with Crippen molar-refractivity contribution >= 4 is 11.6 Å². The van der Waals surface area contributed by atoms with Crippen LogP contribution in [0.15, 0.2) is 54.6 Å². The van der Waals surface area contributed by atoms with Gasteiger partial charge in [-0.2, -0.15) is 13.2 Å². The molecule has 8 heteroatoms. The second-order valence-corrected chi connectivity index (χ2v) is 9.41. The highest BCUT2D eigenvalue weighted by atomic mass is 19.4. The molecule has 5 N–H and O–H groups in total. The van der Waals surface area contributed by atoms with Crippen LogP contribution in [0.25, 0.3) is 0 Å². The van der Waals surface area contributed by atoms with Gasteiger partial charge in [0.2, 0.25) is 5.91 Å². The number of rotatable bonds is 6. The molecule has 1 heterocycles. The van der Waals surface area contributed by atoms with Gasteiger partial charge in [0.1, 0.15) is 5.75 Å². The predicted molar refractivity (Wildman–Crippen MR) is 134 cm³/mol. The van der Waals surface area contributed by atoms with E-state index in [1.165, 1.54) is 6.07 Å². The van der Waals surface area contributed by atoms with Crippen LogP contribution in [-0.2, 0) is 23.8 Å². The second kappa shape index (κ2) is 10.2. The molecule has 0 unspecified atom stereocenters. The highest BCUT2D eigenvalue weighted by Crippen LogP contribution is 2.42. The van der Waals surface area contributed by atoms with E-state index in [1.54, 1.807) is 18.2 Å². The third kappa shape index (κ3) is 5.65. The maximum Gasteiger partial charge on any atom is 0.418 e. The number of fused-ring (bicyclic) bond motifs is 1. The van der Waals surface area contributed by atoms with Crippen LogP contribution in [0.2, 0.25) is 0 Å². The van der Waals surface area contributed by atoms with E-state index in [-0.39, 0.29) is 17.9 Å². The first-order chi connectivity index (χ1) is 17.0. The average Bonchev–Trinajstić information content (AvgIpc) is 2.81. The monoisotopic (exact) mass is 497 g/mol. The Morgan fingerprint density at radius 1 is 1.11 bits per heavy atom. The molecule has 5 nitrogen and oxygen atoms in total. The first-order valence-corrected chi connectivity index (χ1v) is 11.9. The van der Waals surface area contributed by atoms with Gasteiger partial charge in [0, 0.05) is 6.54 Å². The molecular formula is C28H30F3N3O2. The van der Waals surface area contributed by atoms with Crippen LogP contribution in [0, 0.1) is 13.8 Å². The minimum absolute atomic E-state index is 0.00894. The molecule has 0 spiro atoms. The zero-order chi connectivity index (χ0) is 26.0. The number of phenols is 1. The number of aromatic hydroxyl groups is 1. The van der Waals surface area contributed by atoms with Crippen molar-refractivity contribution in [2.75, 3.05) is 11.9 Å². The summed E-state index contributed by atoms with van der Waals surface area (Å²) in [5, 5.41) is 15.6. The van der Waals surface area contributed by atoms with Gasteiger partial charge in [-0.05, 0) is 84.7 Å². The van der Waals surface area contributed by atoms with Gasteiger partial charge in [-0.15, -0.1) is 0 Å². The van der Waals surface area contributed by atoms with Crippen LogP contribution in [0.5, 0.6) is 5.75 Å². The summed E-state index contributed by atoms with van der Waals surface area (Å²) in [6, 6.07) is 14.0. The molecule has 0 aliphatic carbocycles. The molecule has 1 amide bonds. The minimum Gasteiger partial charge on any atom is -0.508 e. The van der Waals surface area contributed by atoms with Crippen LogP contribution in [-0.4, -0.2) is 23.6 Å². The Hall–Kier alpha value is -3.52. The second-order valence-electron chi connectivity index (χ2n) is 9.41. The lowest BCUT2D eigenvalue weighted by Crippen LogP contribution is -2.45. The van der Waals surface area contributed by atoms with Crippen LogP contribution in [0.4, 0.5) is 18.9 Å². The molecule has 1 aliphatic rings.